The third kappa shape index (κ3) is 2.77. The molecule has 19 heavy (non-hydrogen) atoms. The van der Waals surface area contributed by atoms with Crippen LogP contribution in [0.5, 0.6) is 0 Å². The Kier molecular flexibility index (Phi) is 3.87. The van der Waals surface area contributed by atoms with E-state index < -0.39 is 0 Å². The summed E-state index contributed by atoms with van der Waals surface area (Å²) >= 11 is 0. The van der Waals surface area contributed by atoms with Gasteiger partial charge in [-0.15, -0.1) is 0 Å². The monoisotopic (exact) mass is 257 g/mol. The molecule has 0 aliphatic carbocycles. The Labute approximate surface area is 114 Å². The lowest BCUT2D eigenvalue weighted by Gasteiger charge is -2.39. The van der Waals surface area contributed by atoms with Gasteiger partial charge in [0.1, 0.15) is 0 Å². The molecule has 1 atom stereocenters. The number of hydrogen-bond acceptors (Lipinski definition) is 4. The van der Waals surface area contributed by atoms with Gasteiger partial charge >= 0.3 is 0 Å². The lowest BCUT2D eigenvalue weighted by atomic mass is 10.0. The SMILES string of the molecule is CC(=O)c1ccc(C#N)cc1N1CCN(C)C(C)C1. The third-order valence-corrected chi connectivity index (χ3v) is 3.81. The third-order valence-electron chi connectivity index (χ3n) is 3.81. The molecule has 0 N–H and O–H groups in total. The molecule has 1 heterocycles. The molecule has 1 saturated heterocycles. The quantitative estimate of drug-likeness (QED) is 0.759. The number of piperazine rings is 1. The van der Waals surface area contributed by atoms with E-state index in [2.05, 4.69) is 29.8 Å². The fourth-order valence-corrected chi connectivity index (χ4v) is 2.43. The van der Waals surface area contributed by atoms with E-state index in [9.17, 15) is 4.79 Å². The molecule has 4 nitrogen and oxygen atoms in total. The lowest BCUT2D eigenvalue weighted by molar-refractivity contribution is 0.101. The molecule has 1 aliphatic rings. The Morgan fingerprint density at radius 1 is 1.42 bits per heavy atom. The molecule has 0 aromatic heterocycles. The average molecular weight is 257 g/mol. The molecule has 1 aliphatic heterocycles. The minimum absolute atomic E-state index is 0.0473. The molecule has 0 saturated carbocycles. The molecule has 1 unspecified atom stereocenters. The summed E-state index contributed by atoms with van der Waals surface area (Å²) in [5.74, 6) is 0.0473. The Bertz CT molecular complexity index is 533. The fraction of sp³-hybridized carbons (Fsp3) is 0.467. The van der Waals surface area contributed by atoms with Crippen molar-refractivity contribution in [2.24, 2.45) is 0 Å². The van der Waals surface area contributed by atoms with E-state index in [1.54, 1.807) is 19.1 Å². The number of nitriles is 1. The van der Waals surface area contributed by atoms with Crippen LogP contribution in [0.3, 0.4) is 0 Å². The van der Waals surface area contributed by atoms with Crippen molar-refractivity contribution in [1.29, 1.82) is 5.26 Å². The minimum Gasteiger partial charge on any atom is -0.368 e. The number of carbonyl (C=O) groups is 1. The summed E-state index contributed by atoms with van der Waals surface area (Å²) < 4.78 is 0. The molecule has 1 aromatic carbocycles. The predicted octanol–water partition coefficient (Wildman–Crippen LogP) is 1.90. The molecule has 4 heteroatoms. The van der Waals surface area contributed by atoms with Gasteiger partial charge in [0.25, 0.3) is 0 Å². The molecule has 0 radical (unpaired) electrons. The first-order valence-corrected chi connectivity index (χ1v) is 6.53. The van der Waals surface area contributed by atoms with Crippen LogP contribution in [-0.4, -0.2) is 43.4 Å². The number of benzene rings is 1. The van der Waals surface area contributed by atoms with Crippen LogP contribution in [0.15, 0.2) is 18.2 Å². The topological polar surface area (TPSA) is 47.3 Å². The van der Waals surface area contributed by atoms with Gasteiger partial charge in [-0.2, -0.15) is 5.26 Å². The zero-order valence-electron chi connectivity index (χ0n) is 11.7. The summed E-state index contributed by atoms with van der Waals surface area (Å²) in [6.45, 7) is 6.48. The van der Waals surface area contributed by atoms with Crippen molar-refractivity contribution in [3.8, 4) is 6.07 Å². The predicted molar refractivity (Wildman–Crippen MR) is 75.5 cm³/mol. The summed E-state index contributed by atoms with van der Waals surface area (Å²) in [4.78, 5) is 16.2. The molecule has 100 valence electrons. The van der Waals surface area contributed by atoms with E-state index in [0.717, 1.165) is 25.3 Å². The maximum atomic E-state index is 11.7. The van der Waals surface area contributed by atoms with Crippen molar-refractivity contribution < 1.29 is 4.79 Å². The number of hydrogen-bond donors (Lipinski definition) is 0. The Hall–Kier alpha value is -1.86. The second-order valence-corrected chi connectivity index (χ2v) is 5.18. The van der Waals surface area contributed by atoms with Gasteiger partial charge in [-0.3, -0.25) is 4.79 Å². The highest BCUT2D eigenvalue weighted by Gasteiger charge is 2.23. The normalized spacial score (nSPS) is 20.1. The van der Waals surface area contributed by atoms with Gasteiger partial charge in [0.05, 0.1) is 11.6 Å². The van der Waals surface area contributed by atoms with Crippen LogP contribution in [-0.2, 0) is 0 Å². The van der Waals surface area contributed by atoms with E-state index in [4.69, 9.17) is 5.26 Å². The molecule has 0 spiro atoms. The molecule has 1 fully saturated rings. The number of anilines is 1. The second kappa shape index (κ2) is 5.41. The van der Waals surface area contributed by atoms with Gasteiger partial charge in [0.2, 0.25) is 0 Å². The average Bonchev–Trinajstić information content (AvgIpc) is 2.41. The maximum absolute atomic E-state index is 11.7. The second-order valence-electron chi connectivity index (χ2n) is 5.18. The van der Waals surface area contributed by atoms with Crippen LogP contribution in [0.4, 0.5) is 5.69 Å². The first-order valence-electron chi connectivity index (χ1n) is 6.53. The Morgan fingerprint density at radius 2 is 2.16 bits per heavy atom. The van der Waals surface area contributed by atoms with Crippen LogP contribution in [0, 0.1) is 11.3 Å². The smallest absolute Gasteiger partial charge is 0.161 e. The lowest BCUT2D eigenvalue weighted by Crippen LogP contribution is -2.50. The summed E-state index contributed by atoms with van der Waals surface area (Å²) in [7, 11) is 2.11. The van der Waals surface area contributed by atoms with Crippen LogP contribution < -0.4 is 4.90 Å². The fourth-order valence-electron chi connectivity index (χ4n) is 2.43. The summed E-state index contributed by atoms with van der Waals surface area (Å²) in [6, 6.07) is 7.89. The number of carbonyl (C=O) groups excluding carboxylic acids is 1. The van der Waals surface area contributed by atoms with E-state index in [0.29, 0.717) is 17.2 Å². The van der Waals surface area contributed by atoms with E-state index >= 15 is 0 Å². The van der Waals surface area contributed by atoms with Crippen LogP contribution in [0.1, 0.15) is 29.8 Å². The molecule has 0 amide bonds. The van der Waals surface area contributed by atoms with Crippen molar-refractivity contribution >= 4 is 11.5 Å². The first kappa shape index (κ1) is 13.6. The van der Waals surface area contributed by atoms with Crippen molar-refractivity contribution in [2.45, 2.75) is 19.9 Å². The number of rotatable bonds is 2. The van der Waals surface area contributed by atoms with Crippen LogP contribution >= 0.6 is 0 Å². The van der Waals surface area contributed by atoms with Crippen LogP contribution in [0.2, 0.25) is 0 Å². The van der Waals surface area contributed by atoms with Gasteiger partial charge < -0.3 is 9.80 Å². The van der Waals surface area contributed by atoms with E-state index in [-0.39, 0.29) is 5.78 Å². The number of likely N-dealkylation sites (N-methyl/N-ethyl adjacent to an activating group) is 1. The van der Waals surface area contributed by atoms with Gasteiger partial charge in [-0.1, -0.05) is 0 Å². The highest BCUT2D eigenvalue weighted by molar-refractivity contribution is 6.00. The highest BCUT2D eigenvalue weighted by Crippen LogP contribution is 2.25. The first-order chi connectivity index (χ1) is 9.02. The van der Waals surface area contributed by atoms with Crippen molar-refractivity contribution in [3.05, 3.63) is 29.3 Å². The Morgan fingerprint density at radius 3 is 2.74 bits per heavy atom. The molecular weight excluding hydrogens is 238 g/mol. The summed E-state index contributed by atoms with van der Waals surface area (Å²) in [6.07, 6.45) is 0. The molecule has 0 bridgehead atoms. The summed E-state index contributed by atoms with van der Waals surface area (Å²) in [5, 5.41) is 9.02. The standard InChI is InChI=1S/C15H19N3O/c1-11-10-18(7-6-17(11)3)15-8-13(9-16)4-5-14(15)12(2)19/h4-5,8,11H,6-7,10H2,1-3H3. The van der Waals surface area contributed by atoms with E-state index in [1.807, 2.05) is 6.07 Å². The highest BCUT2D eigenvalue weighted by atomic mass is 16.1. The largest absolute Gasteiger partial charge is 0.368 e. The number of Topliss-reactive ketones (excluding diaryl/α,β-unsaturated/α-hetero) is 1. The van der Waals surface area contributed by atoms with Crippen molar-refractivity contribution in [3.63, 3.8) is 0 Å². The molecular formula is C15H19N3O. The van der Waals surface area contributed by atoms with Crippen molar-refractivity contribution in [1.82, 2.24) is 4.90 Å². The number of nitrogens with zero attached hydrogens (tertiary/aromatic N) is 3. The van der Waals surface area contributed by atoms with E-state index in [1.165, 1.54) is 0 Å². The summed E-state index contributed by atoms with van der Waals surface area (Å²) in [5.41, 5.74) is 2.20. The van der Waals surface area contributed by atoms with Gasteiger partial charge in [-0.05, 0) is 39.1 Å². The van der Waals surface area contributed by atoms with Gasteiger partial charge in [0, 0.05) is 36.9 Å². The zero-order valence-corrected chi connectivity index (χ0v) is 11.7. The van der Waals surface area contributed by atoms with Gasteiger partial charge in [0.15, 0.2) is 5.78 Å². The minimum atomic E-state index is 0.0473. The Balaban J connectivity index is 2.37. The molecule has 1 aromatic rings. The van der Waals surface area contributed by atoms with Crippen LogP contribution in [0.25, 0.3) is 0 Å². The number of ketones is 1. The van der Waals surface area contributed by atoms with Crippen molar-refractivity contribution in [2.75, 3.05) is 31.6 Å². The zero-order chi connectivity index (χ0) is 14.0. The van der Waals surface area contributed by atoms with Gasteiger partial charge in [-0.25, -0.2) is 0 Å². The maximum Gasteiger partial charge on any atom is 0.161 e. The molecule has 2 rings (SSSR count).